The van der Waals surface area contributed by atoms with Crippen LogP contribution in [-0.2, 0) is 9.53 Å². The Labute approximate surface area is 92.3 Å². The van der Waals surface area contributed by atoms with E-state index in [4.69, 9.17) is 0 Å². The number of hydrogen-bond acceptors (Lipinski definition) is 4. The van der Waals surface area contributed by atoms with E-state index in [0.29, 0.717) is 6.92 Å². The number of hydrogen-bond donors (Lipinski definition) is 0. The van der Waals surface area contributed by atoms with Crippen LogP contribution in [0.2, 0.25) is 0 Å². The molecular weight excluding hydrogens is 225 g/mol. The molecule has 1 heterocycles. The van der Waals surface area contributed by atoms with Crippen LogP contribution in [0.15, 0.2) is 12.4 Å². The van der Waals surface area contributed by atoms with Gasteiger partial charge in [-0.3, -0.25) is 4.79 Å². The molecule has 16 heavy (non-hydrogen) atoms. The molecule has 0 amide bonds. The third-order valence-corrected chi connectivity index (χ3v) is 1.60. The first-order valence-electron chi connectivity index (χ1n) is 4.63. The predicted octanol–water partition coefficient (Wildman–Crippen LogP) is 1.75. The number of carbonyl (C=O) groups is 1. The third kappa shape index (κ3) is 7.95. The molecule has 0 bridgehead atoms. The summed E-state index contributed by atoms with van der Waals surface area (Å²) in [4.78, 5) is 13.9. The second-order valence-electron chi connectivity index (χ2n) is 3.14. The summed E-state index contributed by atoms with van der Waals surface area (Å²) in [6.07, 6.45) is -0.630. The van der Waals surface area contributed by atoms with E-state index in [1.807, 2.05) is 0 Å². The summed E-state index contributed by atoms with van der Waals surface area (Å²) in [7, 11) is 2.08. The molecule has 7 heteroatoms. The average molecular weight is 240 g/mol. The Hall–Kier alpha value is -1.40. The number of ether oxygens (including phenoxy) is 1. The van der Waals surface area contributed by atoms with Gasteiger partial charge in [-0.05, 0) is 6.92 Å². The highest BCUT2D eigenvalue weighted by Gasteiger charge is 2.32. The second kappa shape index (κ2) is 6.24. The van der Waals surface area contributed by atoms with Crippen LogP contribution in [0.5, 0.6) is 0 Å². The minimum absolute atomic E-state index is 0.688. The van der Waals surface area contributed by atoms with Crippen LogP contribution in [0.4, 0.5) is 13.2 Å². The van der Waals surface area contributed by atoms with Crippen molar-refractivity contribution in [3.8, 4) is 0 Å². The first kappa shape index (κ1) is 14.6. The van der Waals surface area contributed by atoms with E-state index in [0.717, 1.165) is 13.2 Å². The minimum atomic E-state index is -4.83. The van der Waals surface area contributed by atoms with E-state index in [-0.39, 0.29) is 0 Å². The fraction of sp³-hybridized carbons (Fsp3) is 0.667. The van der Waals surface area contributed by atoms with E-state index in [1.165, 1.54) is 0 Å². The number of esters is 1. The van der Waals surface area contributed by atoms with Crippen LogP contribution in [0.1, 0.15) is 13.8 Å². The maximum atomic E-state index is 10.9. The third-order valence-electron chi connectivity index (χ3n) is 1.60. The molecule has 0 unspecified atom stereocenters. The van der Waals surface area contributed by atoms with Gasteiger partial charge >= 0.3 is 12.3 Å². The van der Waals surface area contributed by atoms with Gasteiger partial charge in [0, 0.05) is 32.9 Å². The molecule has 0 aromatic rings. The quantitative estimate of drug-likeness (QED) is 0.654. The topological polar surface area (TPSA) is 32.8 Å². The van der Waals surface area contributed by atoms with E-state index in [2.05, 4.69) is 40.9 Å². The lowest BCUT2D eigenvalue weighted by Gasteiger charge is -2.14. The van der Waals surface area contributed by atoms with Gasteiger partial charge in [-0.2, -0.15) is 0 Å². The summed E-state index contributed by atoms with van der Waals surface area (Å²) >= 11 is 0. The lowest BCUT2D eigenvalue weighted by Crippen LogP contribution is -2.21. The van der Waals surface area contributed by atoms with Gasteiger partial charge in [0.1, 0.15) is 0 Å². The van der Waals surface area contributed by atoms with Gasteiger partial charge in [-0.1, -0.05) is 0 Å². The standard InChI is InChI=1S/C6H12N2.C3H3F3O2/c1-3-8-5-4-7(2)6-8;1-2(7)8-3(4,5)6/h4-5H,3,6H2,1-2H3;1H3. The van der Waals surface area contributed by atoms with Crippen molar-refractivity contribution in [1.29, 1.82) is 0 Å². The number of nitrogens with zero attached hydrogens (tertiary/aromatic N) is 2. The van der Waals surface area contributed by atoms with Crippen molar-refractivity contribution in [2.24, 2.45) is 0 Å². The Morgan fingerprint density at radius 2 is 2.00 bits per heavy atom. The minimum Gasteiger partial charge on any atom is -0.373 e. The molecule has 4 nitrogen and oxygen atoms in total. The normalized spacial score (nSPS) is 14.6. The number of rotatable bonds is 1. The molecule has 1 aliphatic heterocycles. The molecule has 1 aliphatic rings. The average Bonchev–Trinajstić information content (AvgIpc) is 2.47. The second-order valence-corrected chi connectivity index (χ2v) is 3.14. The largest absolute Gasteiger partial charge is 0.575 e. The highest BCUT2D eigenvalue weighted by molar-refractivity contribution is 5.66. The van der Waals surface area contributed by atoms with Crippen LogP contribution >= 0.6 is 0 Å². The van der Waals surface area contributed by atoms with Gasteiger partial charge in [0.05, 0.1) is 6.67 Å². The summed E-state index contributed by atoms with van der Waals surface area (Å²) in [6, 6.07) is 0. The Kier molecular flexibility index (Phi) is 5.69. The molecule has 0 N–H and O–H groups in total. The van der Waals surface area contributed by atoms with Gasteiger partial charge in [0.25, 0.3) is 0 Å². The highest BCUT2D eigenvalue weighted by atomic mass is 19.4. The number of halogens is 3. The summed E-state index contributed by atoms with van der Waals surface area (Å²) in [5.74, 6) is -1.35. The van der Waals surface area contributed by atoms with E-state index in [9.17, 15) is 18.0 Å². The first-order chi connectivity index (χ1) is 7.24. The van der Waals surface area contributed by atoms with Crippen LogP contribution in [0.3, 0.4) is 0 Å². The predicted molar refractivity (Wildman–Crippen MR) is 52.0 cm³/mol. The SMILES string of the molecule is CC(=O)OC(F)(F)F.CCN1C=CN(C)C1. The van der Waals surface area contributed by atoms with Crippen molar-refractivity contribution in [2.75, 3.05) is 20.3 Å². The zero-order valence-electron chi connectivity index (χ0n) is 9.41. The van der Waals surface area contributed by atoms with E-state index >= 15 is 0 Å². The zero-order valence-corrected chi connectivity index (χ0v) is 9.41. The van der Waals surface area contributed by atoms with Crippen molar-refractivity contribution < 1.29 is 22.7 Å². The summed E-state index contributed by atoms with van der Waals surface area (Å²) in [6.45, 7) is 5.01. The lowest BCUT2D eigenvalue weighted by atomic mass is 10.6. The molecule has 0 spiro atoms. The summed E-state index contributed by atoms with van der Waals surface area (Å²) in [5.41, 5.74) is 0. The molecule has 0 aromatic carbocycles. The lowest BCUT2D eigenvalue weighted by molar-refractivity contribution is -0.304. The molecule has 94 valence electrons. The number of carbonyl (C=O) groups excluding carboxylic acids is 1. The smallest absolute Gasteiger partial charge is 0.373 e. The van der Waals surface area contributed by atoms with E-state index in [1.54, 1.807) is 0 Å². The Balaban J connectivity index is 0.000000281. The fourth-order valence-electron chi connectivity index (χ4n) is 0.957. The molecule has 0 atom stereocenters. The van der Waals surface area contributed by atoms with Gasteiger partial charge in [-0.15, -0.1) is 13.2 Å². The monoisotopic (exact) mass is 240 g/mol. The zero-order chi connectivity index (χ0) is 12.8. The van der Waals surface area contributed by atoms with Crippen molar-refractivity contribution in [1.82, 2.24) is 9.80 Å². The Bertz CT molecular complexity index is 254. The summed E-state index contributed by atoms with van der Waals surface area (Å²) in [5, 5.41) is 0. The van der Waals surface area contributed by atoms with Crippen LogP contribution in [-0.4, -0.2) is 42.4 Å². The highest BCUT2D eigenvalue weighted by Crippen LogP contribution is 2.15. The fourth-order valence-corrected chi connectivity index (χ4v) is 0.957. The first-order valence-corrected chi connectivity index (χ1v) is 4.63. The van der Waals surface area contributed by atoms with Gasteiger partial charge < -0.3 is 14.5 Å². The molecule has 0 fully saturated rings. The molecule has 0 saturated heterocycles. The molecule has 1 rings (SSSR count). The molecule has 0 aromatic heterocycles. The van der Waals surface area contributed by atoms with Gasteiger partial charge in [0.15, 0.2) is 0 Å². The van der Waals surface area contributed by atoms with Crippen LogP contribution in [0.25, 0.3) is 0 Å². The summed E-state index contributed by atoms with van der Waals surface area (Å²) < 4.78 is 35.4. The van der Waals surface area contributed by atoms with Crippen LogP contribution < -0.4 is 0 Å². The van der Waals surface area contributed by atoms with Crippen molar-refractivity contribution in [3.63, 3.8) is 0 Å². The molecule has 0 radical (unpaired) electrons. The van der Waals surface area contributed by atoms with Crippen molar-refractivity contribution in [3.05, 3.63) is 12.4 Å². The number of alkyl halides is 3. The molecule has 0 aliphatic carbocycles. The maximum Gasteiger partial charge on any atom is 0.575 e. The Morgan fingerprint density at radius 1 is 1.44 bits per heavy atom. The van der Waals surface area contributed by atoms with Crippen molar-refractivity contribution >= 4 is 5.97 Å². The Morgan fingerprint density at radius 3 is 2.12 bits per heavy atom. The molecule has 0 saturated carbocycles. The van der Waals surface area contributed by atoms with Gasteiger partial charge in [0.2, 0.25) is 0 Å². The van der Waals surface area contributed by atoms with Gasteiger partial charge in [-0.25, -0.2) is 0 Å². The van der Waals surface area contributed by atoms with E-state index < -0.39 is 12.3 Å². The van der Waals surface area contributed by atoms with Crippen molar-refractivity contribution in [2.45, 2.75) is 20.2 Å². The van der Waals surface area contributed by atoms with Crippen LogP contribution in [0, 0.1) is 0 Å². The molecular formula is C9H15F3N2O2. The maximum absolute atomic E-state index is 10.9.